The van der Waals surface area contributed by atoms with Gasteiger partial charge in [-0.1, -0.05) is 30.3 Å². The molecule has 4 rings (SSSR count). The van der Waals surface area contributed by atoms with E-state index in [9.17, 15) is 19.7 Å². The average Bonchev–Trinajstić information content (AvgIpc) is 3.21. The van der Waals surface area contributed by atoms with Gasteiger partial charge in [-0.2, -0.15) is 0 Å². The summed E-state index contributed by atoms with van der Waals surface area (Å²) in [7, 11) is 1.35. The summed E-state index contributed by atoms with van der Waals surface area (Å²) in [6, 6.07) is 13.3. The Hall–Kier alpha value is -4.05. The van der Waals surface area contributed by atoms with Crippen molar-refractivity contribution < 1.29 is 14.5 Å². The zero-order valence-electron chi connectivity index (χ0n) is 16.3. The summed E-state index contributed by atoms with van der Waals surface area (Å²) in [6.07, 6.45) is 1.34. The van der Waals surface area contributed by atoms with Crippen LogP contribution in [0.25, 0.3) is 21.3 Å². The Morgan fingerprint density at radius 1 is 1.26 bits per heavy atom. The number of ether oxygens (including phenoxy) is 1. The number of nitro groups is 1. The van der Waals surface area contributed by atoms with Crippen molar-refractivity contribution in [1.29, 1.82) is 0 Å². The Kier molecular flexibility index (Phi) is 5.46. The molecule has 0 atom stereocenters. The van der Waals surface area contributed by atoms with Gasteiger partial charge in [0, 0.05) is 17.0 Å². The molecule has 1 amide bonds. The van der Waals surface area contributed by atoms with E-state index in [-0.39, 0.29) is 29.2 Å². The molecule has 2 heterocycles. The van der Waals surface area contributed by atoms with Crippen LogP contribution in [0.1, 0.15) is 0 Å². The molecule has 0 unspecified atom stereocenters. The van der Waals surface area contributed by atoms with Gasteiger partial charge in [-0.15, -0.1) is 11.3 Å². The Morgan fingerprint density at radius 2 is 2.03 bits per heavy atom. The summed E-state index contributed by atoms with van der Waals surface area (Å²) < 4.78 is 6.36. The normalized spacial score (nSPS) is 10.7. The van der Waals surface area contributed by atoms with Crippen LogP contribution in [-0.4, -0.2) is 27.5 Å². The van der Waals surface area contributed by atoms with E-state index in [0.29, 0.717) is 10.2 Å². The zero-order valence-corrected chi connectivity index (χ0v) is 17.1. The molecule has 0 spiro atoms. The van der Waals surface area contributed by atoms with Gasteiger partial charge in [0.05, 0.1) is 35.5 Å². The maximum absolute atomic E-state index is 13.1. The Morgan fingerprint density at radius 3 is 2.74 bits per heavy atom. The van der Waals surface area contributed by atoms with E-state index in [1.165, 1.54) is 47.5 Å². The van der Waals surface area contributed by atoms with Crippen molar-refractivity contribution in [3.05, 3.63) is 80.7 Å². The summed E-state index contributed by atoms with van der Waals surface area (Å²) in [6.45, 7) is -0.272. The molecule has 0 aliphatic carbocycles. The zero-order chi connectivity index (χ0) is 22.0. The number of anilines is 1. The van der Waals surface area contributed by atoms with E-state index in [4.69, 9.17) is 4.74 Å². The van der Waals surface area contributed by atoms with Crippen molar-refractivity contribution in [2.45, 2.75) is 6.54 Å². The van der Waals surface area contributed by atoms with Crippen molar-refractivity contribution >= 4 is 38.8 Å². The second kappa shape index (κ2) is 8.36. The first-order valence-electron chi connectivity index (χ1n) is 9.12. The molecule has 31 heavy (non-hydrogen) atoms. The quantitative estimate of drug-likeness (QED) is 0.364. The molecule has 2 aromatic heterocycles. The summed E-state index contributed by atoms with van der Waals surface area (Å²) in [5, 5.41) is 15.9. The number of aromatic nitrogens is 2. The van der Waals surface area contributed by atoms with Gasteiger partial charge in [0.2, 0.25) is 5.91 Å². The smallest absolute Gasteiger partial charge is 0.273 e. The molecule has 0 saturated carbocycles. The summed E-state index contributed by atoms with van der Waals surface area (Å²) in [5.41, 5.74) is 1.44. The highest BCUT2D eigenvalue weighted by molar-refractivity contribution is 7.17. The van der Waals surface area contributed by atoms with Gasteiger partial charge >= 0.3 is 0 Å². The number of nitrogens with one attached hydrogen (secondary N) is 1. The van der Waals surface area contributed by atoms with Gasteiger partial charge in [0.15, 0.2) is 0 Å². The molecule has 0 radical (unpaired) electrons. The number of carbonyl (C=O) groups excluding carboxylic acids is 1. The van der Waals surface area contributed by atoms with Crippen LogP contribution in [0.15, 0.2) is 65.0 Å². The first-order chi connectivity index (χ1) is 15.0. The minimum absolute atomic E-state index is 0.146. The van der Waals surface area contributed by atoms with E-state index in [2.05, 4.69) is 10.3 Å². The van der Waals surface area contributed by atoms with Crippen LogP contribution in [0.5, 0.6) is 5.75 Å². The monoisotopic (exact) mass is 436 g/mol. The maximum atomic E-state index is 13.1. The summed E-state index contributed by atoms with van der Waals surface area (Å²) in [5.74, 6) is -0.348. The number of amides is 1. The summed E-state index contributed by atoms with van der Waals surface area (Å²) >= 11 is 1.37. The van der Waals surface area contributed by atoms with E-state index < -0.39 is 10.8 Å². The van der Waals surface area contributed by atoms with Crippen LogP contribution in [0, 0.1) is 10.1 Å². The van der Waals surface area contributed by atoms with Crippen LogP contribution in [0.2, 0.25) is 0 Å². The van der Waals surface area contributed by atoms with E-state index >= 15 is 0 Å². The highest BCUT2D eigenvalue weighted by atomic mass is 32.1. The first kappa shape index (κ1) is 20.2. The van der Waals surface area contributed by atoms with Crippen molar-refractivity contribution in [2.24, 2.45) is 0 Å². The van der Waals surface area contributed by atoms with E-state index in [0.717, 1.165) is 11.1 Å². The van der Waals surface area contributed by atoms with Crippen molar-refractivity contribution in [2.75, 3.05) is 12.4 Å². The number of hydrogen-bond donors (Lipinski definition) is 1. The van der Waals surface area contributed by atoms with Crippen LogP contribution < -0.4 is 15.6 Å². The van der Waals surface area contributed by atoms with Crippen LogP contribution in [0.4, 0.5) is 11.4 Å². The third-order valence-corrected chi connectivity index (χ3v) is 5.52. The largest absolute Gasteiger partial charge is 0.494 e. The molecular formula is C21H16N4O5S. The maximum Gasteiger partial charge on any atom is 0.273 e. The number of non-ortho nitro benzene ring substituents is 1. The van der Waals surface area contributed by atoms with Crippen molar-refractivity contribution in [3.63, 3.8) is 0 Å². The number of rotatable bonds is 6. The number of fused-ring (bicyclic) bond motifs is 1. The number of benzene rings is 2. The lowest BCUT2D eigenvalue weighted by atomic mass is 10.1. The summed E-state index contributed by atoms with van der Waals surface area (Å²) in [4.78, 5) is 40.9. The van der Waals surface area contributed by atoms with Crippen LogP contribution in [-0.2, 0) is 11.3 Å². The molecule has 1 N–H and O–H groups in total. The molecule has 0 aliphatic rings. The highest BCUT2D eigenvalue weighted by Gasteiger charge is 2.17. The van der Waals surface area contributed by atoms with E-state index in [1.54, 1.807) is 0 Å². The van der Waals surface area contributed by atoms with Crippen molar-refractivity contribution in [1.82, 2.24) is 9.55 Å². The fourth-order valence-electron chi connectivity index (χ4n) is 3.15. The number of nitro benzene ring substituents is 1. The van der Waals surface area contributed by atoms with Crippen LogP contribution >= 0.6 is 11.3 Å². The highest BCUT2D eigenvalue weighted by Crippen LogP contribution is 2.31. The molecule has 4 aromatic rings. The molecule has 2 aromatic carbocycles. The third-order valence-electron chi connectivity index (χ3n) is 4.63. The molecule has 0 fully saturated rings. The van der Waals surface area contributed by atoms with E-state index in [1.807, 2.05) is 35.7 Å². The second-order valence-corrected chi connectivity index (χ2v) is 7.42. The second-order valence-electron chi connectivity index (χ2n) is 6.56. The molecule has 9 nitrogen and oxygen atoms in total. The Balaban J connectivity index is 1.62. The van der Waals surface area contributed by atoms with Gasteiger partial charge in [0.25, 0.3) is 11.2 Å². The predicted molar refractivity (Wildman–Crippen MR) is 118 cm³/mol. The molecule has 0 saturated heterocycles. The predicted octanol–water partition coefficient (Wildman–Crippen LogP) is 3.68. The lowest BCUT2D eigenvalue weighted by Crippen LogP contribution is -2.28. The number of methoxy groups -OCH3 is 1. The molecule has 10 heteroatoms. The van der Waals surface area contributed by atoms with Crippen molar-refractivity contribution in [3.8, 4) is 16.9 Å². The average molecular weight is 436 g/mol. The topological polar surface area (TPSA) is 116 Å². The van der Waals surface area contributed by atoms with Gasteiger partial charge in [-0.3, -0.25) is 24.3 Å². The minimum atomic E-state index is -0.556. The molecule has 0 aliphatic heterocycles. The number of hydrogen-bond acceptors (Lipinski definition) is 7. The first-order valence-corrected chi connectivity index (χ1v) is 10.00. The van der Waals surface area contributed by atoms with Gasteiger partial charge in [-0.25, -0.2) is 4.98 Å². The van der Waals surface area contributed by atoms with Gasteiger partial charge < -0.3 is 10.1 Å². The minimum Gasteiger partial charge on any atom is -0.494 e. The third kappa shape index (κ3) is 4.01. The standard InChI is InChI=1S/C21H16N4O5S/c1-30-17-9-14(25(28)29)7-8-16(17)23-18(26)10-24-12-22-20-19(21(24)27)15(11-31-20)13-5-3-2-4-6-13/h2-9,11-12H,10H2,1H3,(H,23,26). The SMILES string of the molecule is COc1cc([N+](=O)[O-])ccc1NC(=O)Cn1cnc2scc(-c3ccccc3)c2c1=O. The van der Waals surface area contributed by atoms with Gasteiger partial charge in [0.1, 0.15) is 17.1 Å². The number of carbonyl (C=O) groups is 1. The Labute approximate surface area is 179 Å². The lowest BCUT2D eigenvalue weighted by Gasteiger charge is -2.11. The van der Waals surface area contributed by atoms with Gasteiger partial charge in [-0.05, 0) is 11.6 Å². The lowest BCUT2D eigenvalue weighted by molar-refractivity contribution is -0.384. The molecule has 0 bridgehead atoms. The number of thiophene rings is 1. The number of nitrogens with zero attached hydrogens (tertiary/aromatic N) is 3. The Bertz CT molecular complexity index is 1350. The molecular weight excluding hydrogens is 420 g/mol. The fraction of sp³-hybridized carbons (Fsp3) is 0.0952. The fourth-order valence-corrected chi connectivity index (χ4v) is 4.06. The van der Waals surface area contributed by atoms with Crippen LogP contribution in [0.3, 0.4) is 0 Å². The molecule has 156 valence electrons.